The molecule has 0 aliphatic carbocycles. The van der Waals surface area contributed by atoms with Gasteiger partial charge in [0.15, 0.2) is 5.96 Å². The van der Waals surface area contributed by atoms with Crippen LogP contribution in [0.4, 0.5) is 5.69 Å². The Morgan fingerprint density at radius 3 is 2.57 bits per heavy atom. The fraction of sp³-hybridized carbons (Fsp3) is 0.632. The van der Waals surface area contributed by atoms with Gasteiger partial charge in [-0.15, -0.1) is 24.0 Å². The number of halogens is 1. The molecule has 0 radical (unpaired) electrons. The van der Waals surface area contributed by atoms with E-state index in [-0.39, 0.29) is 47.9 Å². The molecular formula is C19H29IN4O4. The van der Waals surface area contributed by atoms with Crippen LogP contribution in [0.25, 0.3) is 0 Å². The van der Waals surface area contributed by atoms with Gasteiger partial charge in [0.05, 0.1) is 29.7 Å². The number of ether oxygens (including phenoxy) is 2. The molecule has 2 aliphatic heterocycles. The average molecular weight is 504 g/mol. The van der Waals surface area contributed by atoms with Crippen molar-refractivity contribution in [3.05, 3.63) is 39.9 Å². The zero-order valence-electron chi connectivity index (χ0n) is 16.1. The summed E-state index contributed by atoms with van der Waals surface area (Å²) in [7, 11) is 0. The normalized spacial score (nSPS) is 23.1. The van der Waals surface area contributed by atoms with Crippen molar-refractivity contribution < 1.29 is 14.4 Å². The molecule has 2 N–H and O–H groups in total. The Balaban J connectivity index is 0.00000280. The van der Waals surface area contributed by atoms with Crippen molar-refractivity contribution >= 4 is 35.6 Å². The average Bonchev–Trinajstić information content (AvgIpc) is 3.38. The highest BCUT2D eigenvalue weighted by molar-refractivity contribution is 14.0. The molecule has 3 unspecified atom stereocenters. The highest BCUT2D eigenvalue weighted by Crippen LogP contribution is 2.16. The Bertz CT molecular complexity index is 644. The summed E-state index contributed by atoms with van der Waals surface area (Å²) in [5.74, 6) is 0.715. The van der Waals surface area contributed by atoms with Gasteiger partial charge in [0.2, 0.25) is 0 Å². The molecule has 0 bridgehead atoms. The SMILES string of the molecule is CC(NC(=NCc1ccc([N+](=O)[O-])cc1)NCC1CCCO1)C1CCCO1.I. The first kappa shape index (κ1) is 22.8. The fourth-order valence-corrected chi connectivity index (χ4v) is 3.37. The number of nitrogens with one attached hydrogen (secondary N) is 2. The molecule has 0 aromatic heterocycles. The van der Waals surface area contributed by atoms with E-state index in [1.54, 1.807) is 12.1 Å². The van der Waals surface area contributed by atoms with E-state index >= 15 is 0 Å². The topological polar surface area (TPSA) is 98.0 Å². The number of non-ortho nitro benzene ring substituents is 1. The predicted molar refractivity (Wildman–Crippen MR) is 118 cm³/mol. The minimum Gasteiger partial charge on any atom is -0.376 e. The molecule has 0 amide bonds. The molecule has 2 aliphatic rings. The van der Waals surface area contributed by atoms with Crippen LogP contribution >= 0.6 is 24.0 Å². The van der Waals surface area contributed by atoms with Crippen molar-refractivity contribution in [2.75, 3.05) is 19.8 Å². The molecule has 1 aromatic carbocycles. The number of guanidine groups is 1. The summed E-state index contributed by atoms with van der Waals surface area (Å²) < 4.78 is 11.4. The standard InChI is InChI=1S/C19H28N4O4.HI/c1-14(18-5-3-11-27-18)22-19(21-13-17-4-2-10-26-17)20-12-15-6-8-16(9-7-15)23(24)25;/h6-9,14,17-18H,2-5,10-13H2,1H3,(H2,20,21,22);1H. The quantitative estimate of drug-likeness (QED) is 0.195. The third-order valence-corrected chi connectivity index (χ3v) is 4.98. The molecule has 2 heterocycles. The summed E-state index contributed by atoms with van der Waals surface area (Å²) in [5, 5.41) is 17.6. The van der Waals surface area contributed by atoms with Crippen LogP contribution in [0.5, 0.6) is 0 Å². The Morgan fingerprint density at radius 2 is 1.96 bits per heavy atom. The lowest BCUT2D eigenvalue weighted by molar-refractivity contribution is -0.384. The van der Waals surface area contributed by atoms with Gasteiger partial charge in [0, 0.05) is 31.9 Å². The monoisotopic (exact) mass is 504 g/mol. The third-order valence-electron chi connectivity index (χ3n) is 4.98. The second kappa shape index (κ2) is 11.5. The minimum absolute atomic E-state index is 0. The van der Waals surface area contributed by atoms with E-state index in [1.165, 1.54) is 12.1 Å². The molecule has 1 aromatic rings. The molecule has 8 nitrogen and oxygen atoms in total. The van der Waals surface area contributed by atoms with E-state index in [0.717, 1.165) is 44.5 Å². The largest absolute Gasteiger partial charge is 0.376 e. The maximum absolute atomic E-state index is 10.8. The molecule has 3 rings (SSSR count). The second-order valence-corrected chi connectivity index (χ2v) is 7.09. The lowest BCUT2D eigenvalue weighted by atomic mass is 10.1. The lowest BCUT2D eigenvalue weighted by Gasteiger charge is -2.23. The Kier molecular flexibility index (Phi) is 9.39. The van der Waals surface area contributed by atoms with Crippen molar-refractivity contribution in [2.24, 2.45) is 4.99 Å². The number of nitro benzene ring substituents is 1. The van der Waals surface area contributed by atoms with Crippen molar-refractivity contribution in [3.8, 4) is 0 Å². The van der Waals surface area contributed by atoms with E-state index in [0.29, 0.717) is 19.0 Å². The number of benzene rings is 1. The zero-order valence-corrected chi connectivity index (χ0v) is 18.5. The molecule has 2 saturated heterocycles. The first-order chi connectivity index (χ1) is 13.1. The van der Waals surface area contributed by atoms with Crippen LogP contribution < -0.4 is 10.6 Å². The van der Waals surface area contributed by atoms with Gasteiger partial charge in [-0.3, -0.25) is 10.1 Å². The first-order valence-corrected chi connectivity index (χ1v) is 9.63. The summed E-state index contributed by atoms with van der Waals surface area (Å²) in [6.07, 6.45) is 4.71. The van der Waals surface area contributed by atoms with E-state index in [9.17, 15) is 10.1 Å². The maximum Gasteiger partial charge on any atom is 0.269 e. The van der Waals surface area contributed by atoms with Crippen LogP contribution in [-0.2, 0) is 16.0 Å². The minimum atomic E-state index is -0.396. The fourth-order valence-electron chi connectivity index (χ4n) is 3.37. The summed E-state index contributed by atoms with van der Waals surface area (Å²) in [6, 6.07) is 6.64. The predicted octanol–water partition coefficient (Wildman–Crippen LogP) is 2.99. The smallest absolute Gasteiger partial charge is 0.269 e. The zero-order chi connectivity index (χ0) is 19.1. The number of nitrogens with zero attached hydrogens (tertiary/aromatic N) is 2. The molecule has 28 heavy (non-hydrogen) atoms. The van der Waals surface area contributed by atoms with Gasteiger partial charge >= 0.3 is 0 Å². The van der Waals surface area contributed by atoms with Crippen molar-refractivity contribution in [1.82, 2.24) is 10.6 Å². The molecule has 3 atom stereocenters. The highest BCUT2D eigenvalue weighted by Gasteiger charge is 2.23. The number of hydrogen-bond acceptors (Lipinski definition) is 5. The van der Waals surface area contributed by atoms with Gasteiger partial charge in [-0.2, -0.15) is 0 Å². The van der Waals surface area contributed by atoms with Gasteiger partial charge < -0.3 is 20.1 Å². The van der Waals surface area contributed by atoms with Crippen LogP contribution in [0, 0.1) is 10.1 Å². The number of aliphatic imine (C=N–C) groups is 1. The van der Waals surface area contributed by atoms with Gasteiger partial charge in [0.1, 0.15) is 0 Å². The van der Waals surface area contributed by atoms with Gasteiger partial charge in [-0.25, -0.2) is 4.99 Å². The summed E-state index contributed by atoms with van der Waals surface area (Å²) >= 11 is 0. The van der Waals surface area contributed by atoms with E-state index < -0.39 is 4.92 Å². The molecule has 2 fully saturated rings. The van der Waals surface area contributed by atoms with Gasteiger partial charge in [-0.1, -0.05) is 12.1 Å². The lowest BCUT2D eigenvalue weighted by Crippen LogP contribution is -2.48. The van der Waals surface area contributed by atoms with Crippen molar-refractivity contribution in [3.63, 3.8) is 0 Å². The van der Waals surface area contributed by atoms with E-state index in [1.807, 2.05) is 0 Å². The summed E-state index contributed by atoms with van der Waals surface area (Å²) in [4.78, 5) is 15.0. The summed E-state index contributed by atoms with van der Waals surface area (Å²) in [6.45, 7) is 4.89. The van der Waals surface area contributed by atoms with Crippen molar-refractivity contribution in [2.45, 2.75) is 57.4 Å². The number of rotatable bonds is 7. The Labute approximate surface area is 182 Å². The van der Waals surface area contributed by atoms with E-state index in [2.05, 4.69) is 22.5 Å². The summed E-state index contributed by atoms with van der Waals surface area (Å²) in [5.41, 5.74) is 1.01. The molecule has 0 saturated carbocycles. The van der Waals surface area contributed by atoms with Gasteiger partial charge in [0.25, 0.3) is 5.69 Å². The first-order valence-electron chi connectivity index (χ1n) is 9.63. The molecule has 0 spiro atoms. The van der Waals surface area contributed by atoms with Crippen LogP contribution in [0.2, 0.25) is 0 Å². The molecule has 156 valence electrons. The maximum atomic E-state index is 10.8. The Morgan fingerprint density at radius 1 is 1.25 bits per heavy atom. The van der Waals surface area contributed by atoms with Crippen LogP contribution in [0.3, 0.4) is 0 Å². The second-order valence-electron chi connectivity index (χ2n) is 7.09. The molecule has 9 heteroatoms. The third kappa shape index (κ3) is 6.85. The van der Waals surface area contributed by atoms with E-state index in [4.69, 9.17) is 9.47 Å². The Hall–Kier alpha value is -1.46. The van der Waals surface area contributed by atoms with Gasteiger partial charge in [-0.05, 0) is 38.2 Å². The molecular weight excluding hydrogens is 475 g/mol. The highest BCUT2D eigenvalue weighted by atomic mass is 127. The van der Waals surface area contributed by atoms with Crippen LogP contribution in [0.1, 0.15) is 38.2 Å². The van der Waals surface area contributed by atoms with Crippen LogP contribution in [-0.4, -0.2) is 48.9 Å². The van der Waals surface area contributed by atoms with Crippen LogP contribution in [0.15, 0.2) is 29.3 Å². The number of hydrogen-bond donors (Lipinski definition) is 2. The van der Waals surface area contributed by atoms with Crippen molar-refractivity contribution in [1.29, 1.82) is 0 Å². The number of nitro groups is 1.